The number of thiophene rings is 1. The van der Waals surface area contributed by atoms with Gasteiger partial charge in [0.25, 0.3) is 0 Å². The summed E-state index contributed by atoms with van der Waals surface area (Å²) in [4.78, 5) is 5.39. The van der Waals surface area contributed by atoms with E-state index in [0.29, 0.717) is 6.54 Å². The third-order valence-electron chi connectivity index (χ3n) is 2.43. The van der Waals surface area contributed by atoms with Crippen LogP contribution in [0, 0.1) is 0 Å². The molecule has 2 N–H and O–H groups in total. The molecule has 0 aliphatic carbocycles. The SMILES string of the molecule is CCCOc1cncc(-c2ccsc2CN)c1. The summed E-state index contributed by atoms with van der Waals surface area (Å²) in [6.07, 6.45) is 4.59. The first-order valence-corrected chi connectivity index (χ1v) is 6.57. The Morgan fingerprint density at radius 1 is 1.41 bits per heavy atom. The molecule has 4 heteroatoms. The highest BCUT2D eigenvalue weighted by molar-refractivity contribution is 7.10. The maximum absolute atomic E-state index is 5.71. The first-order chi connectivity index (χ1) is 8.35. The molecule has 2 aromatic heterocycles. The molecule has 0 atom stereocenters. The van der Waals surface area contributed by atoms with Gasteiger partial charge >= 0.3 is 0 Å². The molecule has 0 spiro atoms. The van der Waals surface area contributed by atoms with Crippen LogP contribution in [0.15, 0.2) is 29.9 Å². The minimum absolute atomic E-state index is 0.563. The average Bonchev–Trinajstić information content (AvgIpc) is 2.85. The third-order valence-corrected chi connectivity index (χ3v) is 3.37. The van der Waals surface area contributed by atoms with E-state index < -0.39 is 0 Å². The first kappa shape index (κ1) is 12.1. The second kappa shape index (κ2) is 5.80. The Kier molecular flexibility index (Phi) is 4.12. The van der Waals surface area contributed by atoms with Gasteiger partial charge in [-0.1, -0.05) is 6.92 Å². The Balaban J connectivity index is 2.26. The first-order valence-electron chi connectivity index (χ1n) is 5.69. The molecule has 0 unspecified atom stereocenters. The van der Waals surface area contributed by atoms with Crippen molar-refractivity contribution in [2.75, 3.05) is 6.61 Å². The van der Waals surface area contributed by atoms with Crippen LogP contribution in [0.4, 0.5) is 0 Å². The molecule has 2 rings (SSSR count). The van der Waals surface area contributed by atoms with E-state index in [1.165, 1.54) is 4.88 Å². The molecule has 0 amide bonds. The van der Waals surface area contributed by atoms with E-state index in [0.717, 1.165) is 29.9 Å². The van der Waals surface area contributed by atoms with Crippen molar-refractivity contribution in [3.63, 3.8) is 0 Å². The van der Waals surface area contributed by atoms with Gasteiger partial charge < -0.3 is 10.5 Å². The van der Waals surface area contributed by atoms with Gasteiger partial charge in [-0.3, -0.25) is 4.98 Å². The molecule has 2 aromatic rings. The van der Waals surface area contributed by atoms with Crippen molar-refractivity contribution in [3.8, 4) is 16.9 Å². The molecule has 0 aromatic carbocycles. The van der Waals surface area contributed by atoms with Gasteiger partial charge in [-0.15, -0.1) is 11.3 Å². The summed E-state index contributed by atoms with van der Waals surface area (Å²) in [7, 11) is 0. The van der Waals surface area contributed by atoms with Crippen LogP contribution in [0.1, 0.15) is 18.2 Å². The van der Waals surface area contributed by atoms with Gasteiger partial charge in [0.05, 0.1) is 12.8 Å². The Bertz CT molecular complexity index is 482. The number of aromatic nitrogens is 1. The molecule has 17 heavy (non-hydrogen) atoms. The molecular formula is C13H16N2OS. The van der Waals surface area contributed by atoms with E-state index in [1.807, 2.05) is 12.3 Å². The Labute approximate surface area is 105 Å². The van der Waals surface area contributed by atoms with Gasteiger partial charge in [-0.2, -0.15) is 0 Å². The number of pyridine rings is 1. The number of rotatable bonds is 5. The largest absolute Gasteiger partial charge is 0.492 e. The normalized spacial score (nSPS) is 10.5. The van der Waals surface area contributed by atoms with Gasteiger partial charge in [-0.05, 0) is 29.5 Å². The smallest absolute Gasteiger partial charge is 0.138 e. The summed E-state index contributed by atoms with van der Waals surface area (Å²) in [6.45, 7) is 3.37. The van der Waals surface area contributed by atoms with Crippen LogP contribution in [0.5, 0.6) is 5.75 Å². The zero-order valence-electron chi connectivity index (χ0n) is 9.85. The maximum Gasteiger partial charge on any atom is 0.138 e. The van der Waals surface area contributed by atoms with E-state index in [2.05, 4.69) is 23.4 Å². The minimum Gasteiger partial charge on any atom is -0.492 e. The molecule has 0 radical (unpaired) electrons. The lowest BCUT2D eigenvalue weighted by atomic mass is 10.1. The van der Waals surface area contributed by atoms with Crippen LogP contribution in [-0.4, -0.2) is 11.6 Å². The fraction of sp³-hybridized carbons (Fsp3) is 0.308. The molecular weight excluding hydrogens is 232 g/mol. The van der Waals surface area contributed by atoms with Gasteiger partial charge in [0.2, 0.25) is 0 Å². The van der Waals surface area contributed by atoms with Gasteiger partial charge in [-0.25, -0.2) is 0 Å². The number of hydrogen-bond acceptors (Lipinski definition) is 4. The molecule has 0 saturated heterocycles. The Morgan fingerprint density at radius 3 is 3.06 bits per heavy atom. The van der Waals surface area contributed by atoms with Crippen molar-refractivity contribution in [2.24, 2.45) is 5.73 Å². The topological polar surface area (TPSA) is 48.1 Å². The minimum atomic E-state index is 0.563. The molecule has 0 aliphatic rings. The standard InChI is InChI=1S/C13H16N2OS/c1-2-4-16-11-6-10(8-15-9-11)12-3-5-17-13(12)7-14/h3,5-6,8-9H,2,4,7,14H2,1H3. The predicted octanol–water partition coefficient (Wildman–Crippen LogP) is 3.06. The molecule has 3 nitrogen and oxygen atoms in total. The summed E-state index contributed by atoms with van der Waals surface area (Å²) in [5.74, 6) is 0.818. The highest BCUT2D eigenvalue weighted by Gasteiger charge is 2.06. The number of hydrogen-bond donors (Lipinski definition) is 1. The van der Waals surface area contributed by atoms with Crippen molar-refractivity contribution in [2.45, 2.75) is 19.9 Å². The Morgan fingerprint density at radius 2 is 2.29 bits per heavy atom. The quantitative estimate of drug-likeness (QED) is 0.884. The Hall–Kier alpha value is -1.39. The van der Waals surface area contributed by atoms with Crippen molar-refractivity contribution < 1.29 is 4.74 Å². The molecule has 0 bridgehead atoms. The molecule has 0 fully saturated rings. The van der Waals surface area contributed by atoms with Gasteiger partial charge in [0.15, 0.2) is 0 Å². The van der Waals surface area contributed by atoms with Crippen LogP contribution < -0.4 is 10.5 Å². The monoisotopic (exact) mass is 248 g/mol. The second-order valence-electron chi connectivity index (χ2n) is 3.72. The van der Waals surface area contributed by atoms with Gasteiger partial charge in [0, 0.05) is 23.2 Å². The predicted molar refractivity (Wildman–Crippen MR) is 71.2 cm³/mol. The summed E-state index contributed by atoms with van der Waals surface area (Å²) < 4.78 is 5.58. The van der Waals surface area contributed by atoms with Crippen molar-refractivity contribution in [3.05, 3.63) is 34.8 Å². The lowest BCUT2D eigenvalue weighted by Crippen LogP contribution is -1.97. The fourth-order valence-corrected chi connectivity index (χ4v) is 2.40. The van der Waals surface area contributed by atoms with Crippen LogP contribution in [-0.2, 0) is 6.54 Å². The molecule has 0 aliphatic heterocycles. The third kappa shape index (κ3) is 2.84. The van der Waals surface area contributed by atoms with Crippen molar-refractivity contribution in [1.29, 1.82) is 0 Å². The summed E-state index contributed by atoms with van der Waals surface area (Å²) >= 11 is 1.67. The van der Waals surface area contributed by atoms with Crippen molar-refractivity contribution >= 4 is 11.3 Å². The molecule has 90 valence electrons. The summed E-state index contributed by atoms with van der Waals surface area (Å²) in [5, 5.41) is 2.05. The van der Waals surface area contributed by atoms with Crippen LogP contribution in [0.25, 0.3) is 11.1 Å². The van der Waals surface area contributed by atoms with E-state index >= 15 is 0 Å². The molecule has 2 heterocycles. The summed E-state index contributed by atoms with van der Waals surface area (Å²) in [5.41, 5.74) is 7.94. The lowest BCUT2D eigenvalue weighted by molar-refractivity contribution is 0.316. The van der Waals surface area contributed by atoms with E-state index in [-0.39, 0.29) is 0 Å². The maximum atomic E-state index is 5.71. The number of nitrogens with two attached hydrogens (primary N) is 1. The van der Waals surface area contributed by atoms with E-state index in [1.54, 1.807) is 17.5 Å². The summed E-state index contributed by atoms with van der Waals surface area (Å²) in [6, 6.07) is 4.09. The zero-order valence-corrected chi connectivity index (χ0v) is 10.7. The number of ether oxygens (including phenoxy) is 1. The zero-order chi connectivity index (χ0) is 12.1. The average molecular weight is 248 g/mol. The van der Waals surface area contributed by atoms with Gasteiger partial charge in [0.1, 0.15) is 5.75 Å². The number of nitrogens with zero attached hydrogens (tertiary/aromatic N) is 1. The van der Waals surface area contributed by atoms with Crippen LogP contribution >= 0.6 is 11.3 Å². The van der Waals surface area contributed by atoms with Crippen LogP contribution in [0.2, 0.25) is 0 Å². The van der Waals surface area contributed by atoms with E-state index in [4.69, 9.17) is 10.5 Å². The highest BCUT2D eigenvalue weighted by atomic mass is 32.1. The molecule has 0 saturated carbocycles. The fourth-order valence-electron chi connectivity index (χ4n) is 1.62. The highest BCUT2D eigenvalue weighted by Crippen LogP contribution is 2.29. The second-order valence-corrected chi connectivity index (χ2v) is 4.72. The van der Waals surface area contributed by atoms with Crippen LogP contribution in [0.3, 0.4) is 0 Å². The van der Waals surface area contributed by atoms with E-state index in [9.17, 15) is 0 Å². The van der Waals surface area contributed by atoms with Crippen molar-refractivity contribution in [1.82, 2.24) is 4.98 Å². The lowest BCUT2D eigenvalue weighted by Gasteiger charge is -2.06.